The highest BCUT2D eigenvalue weighted by molar-refractivity contribution is 5.35. The number of hydrogen-bond acceptors (Lipinski definition) is 2. The average molecular weight is 170 g/mol. The summed E-state index contributed by atoms with van der Waals surface area (Å²) in [6.45, 7) is 1.35. The van der Waals surface area contributed by atoms with Gasteiger partial charge in [0.25, 0.3) is 0 Å². The molecule has 0 saturated carbocycles. The van der Waals surface area contributed by atoms with Gasteiger partial charge >= 0.3 is 0 Å². The van der Waals surface area contributed by atoms with Gasteiger partial charge in [-0.15, -0.1) is 0 Å². The SMILES string of the molecule is CC1(F)CCc2[nH]nc(CO)c21. The number of aromatic nitrogens is 2. The van der Waals surface area contributed by atoms with E-state index in [1.54, 1.807) is 0 Å². The molecule has 3 nitrogen and oxygen atoms in total. The van der Waals surface area contributed by atoms with Crippen LogP contribution in [0.25, 0.3) is 0 Å². The number of rotatable bonds is 1. The second-order valence-electron chi connectivity index (χ2n) is 3.38. The largest absolute Gasteiger partial charge is 0.390 e. The number of nitrogens with zero attached hydrogens (tertiary/aromatic N) is 1. The standard InChI is InChI=1S/C8H11FN2O/c1-8(9)3-2-5-7(8)6(4-12)11-10-5/h12H,2-4H2,1H3,(H,10,11). The van der Waals surface area contributed by atoms with Gasteiger partial charge in [0.05, 0.1) is 12.3 Å². The quantitative estimate of drug-likeness (QED) is 0.661. The van der Waals surface area contributed by atoms with Crippen LogP contribution < -0.4 is 0 Å². The summed E-state index contributed by atoms with van der Waals surface area (Å²) in [5, 5.41) is 15.5. The average Bonchev–Trinajstić information content (AvgIpc) is 2.53. The molecule has 1 aromatic heterocycles. The normalized spacial score (nSPS) is 27.6. The number of nitrogens with one attached hydrogen (secondary N) is 1. The monoisotopic (exact) mass is 170 g/mol. The van der Waals surface area contributed by atoms with Crippen molar-refractivity contribution in [3.8, 4) is 0 Å². The van der Waals surface area contributed by atoms with Gasteiger partial charge in [0.1, 0.15) is 5.67 Å². The van der Waals surface area contributed by atoms with Gasteiger partial charge < -0.3 is 5.11 Å². The fourth-order valence-corrected chi connectivity index (χ4v) is 1.82. The molecule has 66 valence electrons. The molecule has 12 heavy (non-hydrogen) atoms. The molecule has 1 unspecified atom stereocenters. The molecule has 2 N–H and O–H groups in total. The Morgan fingerprint density at radius 3 is 3.17 bits per heavy atom. The van der Waals surface area contributed by atoms with Crippen LogP contribution in [0, 0.1) is 0 Å². The summed E-state index contributed by atoms with van der Waals surface area (Å²) in [7, 11) is 0. The number of H-pyrrole nitrogens is 1. The Morgan fingerprint density at radius 2 is 2.50 bits per heavy atom. The summed E-state index contributed by atoms with van der Waals surface area (Å²) in [4.78, 5) is 0. The minimum Gasteiger partial charge on any atom is -0.390 e. The first-order chi connectivity index (χ1) is 5.65. The first-order valence-corrected chi connectivity index (χ1v) is 4.01. The lowest BCUT2D eigenvalue weighted by Gasteiger charge is -2.13. The summed E-state index contributed by atoms with van der Waals surface area (Å²) >= 11 is 0. The van der Waals surface area contributed by atoms with Gasteiger partial charge in [0.15, 0.2) is 0 Å². The van der Waals surface area contributed by atoms with Crippen molar-refractivity contribution in [3.05, 3.63) is 17.0 Å². The molecule has 4 heteroatoms. The maximum absolute atomic E-state index is 13.7. The van der Waals surface area contributed by atoms with Crippen molar-refractivity contribution in [2.45, 2.75) is 32.0 Å². The number of fused-ring (bicyclic) bond motifs is 1. The van der Waals surface area contributed by atoms with Crippen molar-refractivity contribution in [2.24, 2.45) is 0 Å². The number of aryl methyl sites for hydroxylation is 1. The molecule has 0 aromatic carbocycles. The third-order valence-corrected chi connectivity index (χ3v) is 2.43. The second-order valence-corrected chi connectivity index (χ2v) is 3.38. The topological polar surface area (TPSA) is 48.9 Å². The molecule has 1 atom stereocenters. The highest BCUT2D eigenvalue weighted by Crippen LogP contribution is 2.40. The summed E-state index contributed by atoms with van der Waals surface area (Å²) in [6.07, 6.45) is 1.18. The number of aromatic amines is 1. The number of halogens is 1. The second kappa shape index (κ2) is 2.29. The minimum absolute atomic E-state index is 0.189. The van der Waals surface area contributed by atoms with E-state index in [1.165, 1.54) is 6.92 Å². The van der Waals surface area contributed by atoms with Gasteiger partial charge in [0.2, 0.25) is 0 Å². The molecule has 0 fully saturated rings. The number of hydrogen-bond donors (Lipinski definition) is 2. The summed E-state index contributed by atoms with van der Waals surface area (Å²) in [6, 6.07) is 0. The van der Waals surface area contributed by atoms with E-state index in [0.717, 1.165) is 5.69 Å². The van der Waals surface area contributed by atoms with E-state index in [2.05, 4.69) is 10.2 Å². The predicted molar refractivity (Wildman–Crippen MR) is 41.3 cm³/mol. The van der Waals surface area contributed by atoms with Crippen molar-refractivity contribution >= 4 is 0 Å². The van der Waals surface area contributed by atoms with Gasteiger partial charge in [-0.05, 0) is 19.8 Å². The Bertz CT molecular complexity index is 306. The van der Waals surface area contributed by atoms with Crippen molar-refractivity contribution in [1.29, 1.82) is 0 Å². The molecule has 0 amide bonds. The minimum atomic E-state index is -1.31. The fourth-order valence-electron chi connectivity index (χ4n) is 1.82. The van der Waals surface area contributed by atoms with E-state index in [1.807, 2.05) is 0 Å². The molecule has 1 aromatic rings. The van der Waals surface area contributed by atoms with Crippen LogP contribution in [0.4, 0.5) is 4.39 Å². The molecule has 0 radical (unpaired) electrons. The van der Waals surface area contributed by atoms with Crippen LogP contribution in [0.2, 0.25) is 0 Å². The zero-order valence-corrected chi connectivity index (χ0v) is 6.89. The molecular weight excluding hydrogens is 159 g/mol. The Morgan fingerprint density at radius 1 is 1.75 bits per heavy atom. The molecule has 1 aliphatic carbocycles. The first kappa shape index (κ1) is 7.73. The lowest BCUT2D eigenvalue weighted by molar-refractivity contribution is 0.186. The number of aliphatic hydroxyl groups excluding tert-OH is 1. The smallest absolute Gasteiger partial charge is 0.137 e. The van der Waals surface area contributed by atoms with E-state index in [0.29, 0.717) is 24.1 Å². The Labute approximate surface area is 69.6 Å². The van der Waals surface area contributed by atoms with E-state index in [9.17, 15) is 4.39 Å². The van der Waals surface area contributed by atoms with Crippen LogP contribution in [0.5, 0.6) is 0 Å². The van der Waals surface area contributed by atoms with Crippen LogP contribution in [-0.4, -0.2) is 15.3 Å². The maximum atomic E-state index is 13.7. The van der Waals surface area contributed by atoms with E-state index in [4.69, 9.17) is 5.11 Å². The van der Waals surface area contributed by atoms with Gasteiger partial charge in [-0.3, -0.25) is 5.10 Å². The summed E-state index contributed by atoms with van der Waals surface area (Å²) in [5.41, 5.74) is 0.557. The molecule has 1 aliphatic rings. The zero-order valence-electron chi connectivity index (χ0n) is 6.89. The number of alkyl halides is 1. The van der Waals surface area contributed by atoms with Gasteiger partial charge in [0, 0.05) is 11.3 Å². The Kier molecular flexibility index (Phi) is 1.48. The zero-order chi connectivity index (χ0) is 8.77. The number of aliphatic hydroxyl groups is 1. The van der Waals surface area contributed by atoms with Crippen LogP contribution in [0.1, 0.15) is 30.3 Å². The summed E-state index contributed by atoms with van der Waals surface area (Å²) < 4.78 is 13.7. The lowest BCUT2D eigenvalue weighted by Crippen LogP contribution is -2.12. The molecule has 0 aliphatic heterocycles. The van der Waals surface area contributed by atoms with E-state index < -0.39 is 5.67 Å². The van der Waals surface area contributed by atoms with E-state index >= 15 is 0 Å². The first-order valence-electron chi connectivity index (χ1n) is 4.01. The fraction of sp³-hybridized carbons (Fsp3) is 0.625. The molecule has 0 spiro atoms. The molecule has 0 saturated heterocycles. The molecule has 0 bridgehead atoms. The highest BCUT2D eigenvalue weighted by atomic mass is 19.1. The Balaban J connectivity index is 2.53. The third kappa shape index (κ3) is 0.876. The molecule has 2 rings (SSSR count). The van der Waals surface area contributed by atoms with Crippen LogP contribution >= 0.6 is 0 Å². The van der Waals surface area contributed by atoms with Crippen LogP contribution in [0.15, 0.2) is 0 Å². The molecular formula is C8H11FN2O. The van der Waals surface area contributed by atoms with Crippen molar-refractivity contribution in [1.82, 2.24) is 10.2 Å². The van der Waals surface area contributed by atoms with Gasteiger partial charge in [-0.25, -0.2) is 4.39 Å². The van der Waals surface area contributed by atoms with E-state index in [-0.39, 0.29) is 6.61 Å². The lowest BCUT2D eigenvalue weighted by atomic mass is 10.0. The van der Waals surface area contributed by atoms with Crippen molar-refractivity contribution in [2.75, 3.05) is 0 Å². The predicted octanol–water partition coefficient (Wildman–Crippen LogP) is 1.03. The molecule has 1 heterocycles. The Hall–Kier alpha value is -0.900. The summed E-state index contributed by atoms with van der Waals surface area (Å²) in [5.74, 6) is 0. The van der Waals surface area contributed by atoms with Gasteiger partial charge in [-0.1, -0.05) is 0 Å². The maximum Gasteiger partial charge on any atom is 0.137 e. The highest BCUT2D eigenvalue weighted by Gasteiger charge is 2.38. The van der Waals surface area contributed by atoms with Crippen LogP contribution in [0.3, 0.4) is 0 Å². The van der Waals surface area contributed by atoms with Crippen molar-refractivity contribution < 1.29 is 9.50 Å². The van der Waals surface area contributed by atoms with Crippen LogP contribution in [-0.2, 0) is 18.7 Å². The van der Waals surface area contributed by atoms with Gasteiger partial charge in [-0.2, -0.15) is 5.10 Å². The third-order valence-electron chi connectivity index (χ3n) is 2.43. The van der Waals surface area contributed by atoms with Crippen molar-refractivity contribution in [3.63, 3.8) is 0 Å².